The molecule has 0 unspecified atom stereocenters. The van der Waals surface area contributed by atoms with Crippen molar-refractivity contribution >= 4 is 28.9 Å². The summed E-state index contributed by atoms with van der Waals surface area (Å²) in [5, 5.41) is 12.0. The van der Waals surface area contributed by atoms with Gasteiger partial charge < -0.3 is 5.32 Å². The van der Waals surface area contributed by atoms with Crippen LogP contribution in [0.5, 0.6) is 0 Å². The van der Waals surface area contributed by atoms with Crippen LogP contribution in [-0.4, -0.2) is 21.0 Å². The van der Waals surface area contributed by atoms with Gasteiger partial charge in [-0.2, -0.15) is 9.64 Å². The van der Waals surface area contributed by atoms with E-state index in [0.717, 1.165) is 4.88 Å². The predicted molar refractivity (Wildman–Crippen MR) is 117 cm³/mol. The van der Waals surface area contributed by atoms with E-state index in [1.54, 1.807) is 49.5 Å². The number of pyridine rings is 1. The standard InChI is InChI=1S/C23H22N4O2S/c1-14(2)9-20(28)17-5-4-6-18(11-17)26-23(29)22-15(3)27-30-21(22)12-19-10-16(13-24)7-8-25-19/h4-8,10-11,14H,9,12H2,1-3H3,(H,26,29). The van der Waals surface area contributed by atoms with E-state index in [9.17, 15) is 9.59 Å². The molecule has 0 fully saturated rings. The van der Waals surface area contributed by atoms with Crippen LogP contribution < -0.4 is 5.32 Å². The largest absolute Gasteiger partial charge is 0.322 e. The second-order valence-electron chi connectivity index (χ2n) is 7.45. The Balaban J connectivity index is 1.80. The third-order valence-electron chi connectivity index (χ3n) is 4.48. The monoisotopic (exact) mass is 418 g/mol. The summed E-state index contributed by atoms with van der Waals surface area (Å²) in [5.41, 5.74) is 3.51. The molecular weight excluding hydrogens is 396 g/mol. The fraction of sp³-hybridized carbons (Fsp3) is 0.261. The number of ketones is 1. The summed E-state index contributed by atoms with van der Waals surface area (Å²) in [4.78, 5) is 30.4. The lowest BCUT2D eigenvalue weighted by Crippen LogP contribution is -2.15. The summed E-state index contributed by atoms with van der Waals surface area (Å²) in [7, 11) is 0. The number of carbonyl (C=O) groups is 2. The van der Waals surface area contributed by atoms with Gasteiger partial charge in [0.1, 0.15) is 0 Å². The number of hydrogen-bond acceptors (Lipinski definition) is 6. The number of hydrogen-bond donors (Lipinski definition) is 1. The van der Waals surface area contributed by atoms with E-state index in [0.29, 0.717) is 46.6 Å². The third kappa shape index (κ3) is 5.16. The number of nitriles is 1. The second kappa shape index (κ2) is 9.42. The lowest BCUT2D eigenvalue weighted by molar-refractivity contribution is 0.0966. The average molecular weight is 419 g/mol. The summed E-state index contributed by atoms with van der Waals surface area (Å²) in [5.74, 6) is 0.0470. The highest BCUT2D eigenvalue weighted by Gasteiger charge is 2.20. The molecule has 0 atom stereocenters. The normalized spacial score (nSPS) is 10.6. The maximum Gasteiger partial charge on any atom is 0.258 e. The van der Waals surface area contributed by atoms with Gasteiger partial charge in [0.15, 0.2) is 5.78 Å². The van der Waals surface area contributed by atoms with Crippen LogP contribution in [0.25, 0.3) is 0 Å². The molecule has 0 aliphatic carbocycles. The van der Waals surface area contributed by atoms with Gasteiger partial charge in [-0.1, -0.05) is 26.0 Å². The van der Waals surface area contributed by atoms with Gasteiger partial charge in [-0.15, -0.1) is 0 Å². The molecule has 152 valence electrons. The van der Waals surface area contributed by atoms with Gasteiger partial charge in [0.2, 0.25) is 0 Å². The molecule has 0 radical (unpaired) electrons. The molecule has 30 heavy (non-hydrogen) atoms. The van der Waals surface area contributed by atoms with Crippen LogP contribution in [0.4, 0.5) is 5.69 Å². The maximum absolute atomic E-state index is 13.0. The van der Waals surface area contributed by atoms with Crippen LogP contribution >= 0.6 is 11.5 Å². The molecule has 3 aromatic rings. The Hall–Kier alpha value is -3.37. The SMILES string of the molecule is Cc1nsc(Cc2cc(C#N)ccn2)c1C(=O)Nc1cccc(C(=O)CC(C)C)c1. The van der Waals surface area contributed by atoms with Crippen molar-refractivity contribution in [1.29, 1.82) is 5.26 Å². The van der Waals surface area contributed by atoms with Crippen molar-refractivity contribution in [1.82, 2.24) is 9.36 Å². The first-order valence-electron chi connectivity index (χ1n) is 9.62. The molecular formula is C23H22N4O2S. The number of amides is 1. The minimum absolute atomic E-state index is 0.0543. The summed E-state index contributed by atoms with van der Waals surface area (Å²) in [6, 6.07) is 12.4. The molecule has 0 aliphatic heterocycles. The molecule has 7 heteroatoms. The number of nitrogens with one attached hydrogen (secondary N) is 1. The fourth-order valence-electron chi connectivity index (χ4n) is 3.09. The zero-order valence-electron chi connectivity index (χ0n) is 17.1. The summed E-state index contributed by atoms with van der Waals surface area (Å²) in [6.45, 7) is 5.79. The number of aryl methyl sites for hydroxylation is 1. The van der Waals surface area contributed by atoms with Crippen molar-refractivity contribution in [2.75, 3.05) is 5.32 Å². The lowest BCUT2D eigenvalue weighted by Gasteiger charge is -2.09. The third-order valence-corrected chi connectivity index (χ3v) is 5.42. The highest BCUT2D eigenvalue weighted by molar-refractivity contribution is 7.06. The van der Waals surface area contributed by atoms with Gasteiger partial charge in [-0.25, -0.2) is 0 Å². The van der Waals surface area contributed by atoms with E-state index in [2.05, 4.69) is 20.7 Å². The van der Waals surface area contributed by atoms with E-state index < -0.39 is 0 Å². The molecule has 0 aliphatic rings. The van der Waals surface area contributed by atoms with Crippen LogP contribution in [0.15, 0.2) is 42.6 Å². The van der Waals surface area contributed by atoms with Crippen molar-refractivity contribution < 1.29 is 9.59 Å². The number of Topliss-reactive ketones (excluding diaryl/α,β-unsaturated/α-hetero) is 1. The summed E-state index contributed by atoms with van der Waals surface area (Å²) in [6.07, 6.45) is 2.46. The van der Waals surface area contributed by atoms with Crippen LogP contribution in [-0.2, 0) is 6.42 Å². The van der Waals surface area contributed by atoms with Crippen LogP contribution in [0.2, 0.25) is 0 Å². The van der Waals surface area contributed by atoms with Crippen LogP contribution in [0, 0.1) is 24.2 Å². The topological polar surface area (TPSA) is 95.7 Å². The molecule has 1 amide bonds. The van der Waals surface area contributed by atoms with E-state index in [4.69, 9.17) is 5.26 Å². The lowest BCUT2D eigenvalue weighted by atomic mass is 10.0. The fourth-order valence-corrected chi connectivity index (χ4v) is 3.97. The van der Waals surface area contributed by atoms with Crippen molar-refractivity contribution in [2.45, 2.75) is 33.6 Å². The maximum atomic E-state index is 13.0. The van der Waals surface area contributed by atoms with Crippen molar-refractivity contribution in [3.63, 3.8) is 0 Å². The van der Waals surface area contributed by atoms with Gasteiger partial charge in [0, 0.05) is 40.9 Å². The number of rotatable bonds is 7. The Morgan fingerprint density at radius 2 is 2.03 bits per heavy atom. The molecule has 0 saturated carbocycles. The van der Waals surface area contributed by atoms with Crippen molar-refractivity contribution in [3.8, 4) is 6.07 Å². The van der Waals surface area contributed by atoms with Crippen molar-refractivity contribution in [3.05, 3.63) is 75.6 Å². The van der Waals surface area contributed by atoms with E-state index in [1.807, 2.05) is 13.8 Å². The Labute approximate surface area is 179 Å². The Morgan fingerprint density at radius 1 is 1.23 bits per heavy atom. The highest BCUT2D eigenvalue weighted by Crippen LogP contribution is 2.24. The van der Waals surface area contributed by atoms with E-state index >= 15 is 0 Å². The first-order valence-corrected chi connectivity index (χ1v) is 10.4. The Kier molecular flexibility index (Phi) is 6.70. The minimum Gasteiger partial charge on any atom is -0.322 e. The molecule has 0 bridgehead atoms. The number of nitrogens with zero attached hydrogens (tertiary/aromatic N) is 3. The second-order valence-corrected chi connectivity index (χ2v) is 8.30. The quantitative estimate of drug-likeness (QED) is 0.557. The zero-order valence-corrected chi connectivity index (χ0v) is 17.9. The number of anilines is 1. The molecule has 1 aromatic carbocycles. The predicted octanol–water partition coefficient (Wildman–Crippen LogP) is 4.79. The molecule has 0 spiro atoms. The van der Waals surface area contributed by atoms with Crippen LogP contribution in [0.1, 0.15) is 62.8 Å². The molecule has 2 heterocycles. The van der Waals surface area contributed by atoms with Gasteiger partial charge in [-0.05, 0) is 48.6 Å². The summed E-state index contributed by atoms with van der Waals surface area (Å²) < 4.78 is 4.33. The summed E-state index contributed by atoms with van der Waals surface area (Å²) >= 11 is 1.25. The molecule has 3 rings (SSSR count). The van der Waals surface area contributed by atoms with E-state index in [1.165, 1.54) is 11.5 Å². The highest BCUT2D eigenvalue weighted by atomic mass is 32.1. The van der Waals surface area contributed by atoms with E-state index in [-0.39, 0.29) is 17.6 Å². The zero-order chi connectivity index (χ0) is 21.7. The van der Waals surface area contributed by atoms with Gasteiger partial charge >= 0.3 is 0 Å². The van der Waals surface area contributed by atoms with Crippen molar-refractivity contribution in [2.24, 2.45) is 5.92 Å². The smallest absolute Gasteiger partial charge is 0.258 e. The minimum atomic E-state index is -0.277. The first-order chi connectivity index (χ1) is 14.4. The number of carbonyl (C=O) groups excluding carboxylic acids is 2. The van der Waals surface area contributed by atoms with Gasteiger partial charge in [0.05, 0.1) is 22.9 Å². The Morgan fingerprint density at radius 3 is 2.77 bits per heavy atom. The molecule has 1 N–H and O–H groups in total. The Bertz CT molecular complexity index is 1130. The first kappa shape index (κ1) is 21.3. The van der Waals surface area contributed by atoms with Crippen LogP contribution in [0.3, 0.4) is 0 Å². The van der Waals surface area contributed by atoms with Gasteiger partial charge in [-0.3, -0.25) is 14.6 Å². The number of aromatic nitrogens is 2. The van der Waals surface area contributed by atoms with Gasteiger partial charge in [0.25, 0.3) is 5.91 Å². The number of benzene rings is 1. The molecule has 6 nitrogen and oxygen atoms in total. The molecule has 2 aromatic heterocycles. The average Bonchev–Trinajstić information content (AvgIpc) is 3.08. The molecule has 0 saturated heterocycles.